The standard InChI is InChI=1S/C16H22BrNO2/c1-12-2-3-13(10-15(12)17)18-14-4-7-20-16(11-14)5-8-19-9-6-16/h2-3,10,14,18H,4-9,11H2,1H3. The number of hydrogen-bond donors (Lipinski definition) is 1. The molecule has 2 fully saturated rings. The topological polar surface area (TPSA) is 30.5 Å². The third kappa shape index (κ3) is 3.18. The molecule has 2 aliphatic heterocycles. The second-order valence-corrected chi connectivity index (χ2v) is 6.80. The lowest BCUT2D eigenvalue weighted by molar-refractivity contribution is -0.135. The number of hydrogen-bond acceptors (Lipinski definition) is 3. The van der Waals surface area contributed by atoms with E-state index < -0.39 is 0 Å². The Bertz CT molecular complexity index is 466. The molecule has 1 aromatic carbocycles. The highest BCUT2D eigenvalue weighted by Gasteiger charge is 2.38. The number of ether oxygens (including phenoxy) is 2. The van der Waals surface area contributed by atoms with Crippen molar-refractivity contribution in [3.8, 4) is 0 Å². The summed E-state index contributed by atoms with van der Waals surface area (Å²) in [6.07, 6.45) is 4.22. The van der Waals surface area contributed by atoms with Gasteiger partial charge in [-0.25, -0.2) is 0 Å². The minimum absolute atomic E-state index is 0.0517. The van der Waals surface area contributed by atoms with Crippen LogP contribution in [0.5, 0.6) is 0 Å². The lowest BCUT2D eigenvalue weighted by Crippen LogP contribution is -2.47. The summed E-state index contributed by atoms with van der Waals surface area (Å²) in [7, 11) is 0. The first kappa shape index (κ1) is 14.4. The Kier molecular flexibility index (Phi) is 4.34. The molecule has 2 saturated heterocycles. The van der Waals surface area contributed by atoms with E-state index in [1.54, 1.807) is 0 Å². The van der Waals surface area contributed by atoms with Crippen LogP contribution in [0.15, 0.2) is 22.7 Å². The molecule has 4 heteroatoms. The first-order chi connectivity index (χ1) is 9.67. The van der Waals surface area contributed by atoms with Crippen LogP contribution in [0.25, 0.3) is 0 Å². The molecule has 2 aliphatic rings. The van der Waals surface area contributed by atoms with Gasteiger partial charge in [-0.2, -0.15) is 0 Å². The van der Waals surface area contributed by atoms with Crippen molar-refractivity contribution >= 4 is 21.6 Å². The first-order valence-corrected chi connectivity index (χ1v) is 8.21. The number of benzene rings is 1. The molecule has 1 N–H and O–H groups in total. The highest BCUT2D eigenvalue weighted by atomic mass is 79.9. The fraction of sp³-hybridized carbons (Fsp3) is 0.625. The summed E-state index contributed by atoms with van der Waals surface area (Å²) in [4.78, 5) is 0. The number of aryl methyl sites for hydroxylation is 1. The van der Waals surface area contributed by atoms with Crippen LogP contribution in [0.2, 0.25) is 0 Å². The normalized spacial score (nSPS) is 25.6. The maximum absolute atomic E-state index is 6.09. The number of halogens is 1. The minimum Gasteiger partial charge on any atom is -0.382 e. The van der Waals surface area contributed by atoms with Gasteiger partial charge in [0.2, 0.25) is 0 Å². The average molecular weight is 340 g/mol. The minimum atomic E-state index is 0.0517. The molecule has 0 aliphatic carbocycles. The van der Waals surface area contributed by atoms with E-state index >= 15 is 0 Å². The highest BCUT2D eigenvalue weighted by molar-refractivity contribution is 9.10. The van der Waals surface area contributed by atoms with Crippen molar-refractivity contribution in [1.82, 2.24) is 0 Å². The van der Waals surface area contributed by atoms with Crippen LogP contribution in [-0.4, -0.2) is 31.5 Å². The maximum atomic E-state index is 6.09. The Balaban J connectivity index is 1.66. The van der Waals surface area contributed by atoms with Crippen LogP contribution in [0.1, 0.15) is 31.2 Å². The molecular weight excluding hydrogens is 318 g/mol. The zero-order valence-electron chi connectivity index (χ0n) is 12.0. The second-order valence-electron chi connectivity index (χ2n) is 5.94. The summed E-state index contributed by atoms with van der Waals surface area (Å²) in [5.74, 6) is 0. The molecule has 3 nitrogen and oxygen atoms in total. The SMILES string of the molecule is Cc1ccc(NC2CCOC3(CCOCC3)C2)cc1Br. The van der Waals surface area contributed by atoms with E-state index in [0.717, 1.165) is 50.0 Å². The van der Waals surface area contributed by atoms with Crippen LogP contribution in [0.3, 0.4) is 0 Å². The largest absolute Gasteiger partial charge is 0.382 e. The number of rotatable bonds is 2. The fourth-order valence-corrected chi connectivity index (χ4v) is 3.54. The first-order valence-electron chi connectivity index (χ1n) is 7.41. The highest BCUT2D eigenvalue weighted by Crippen LogP contribution is 2.35. The van der Waals surface area contributed by atoms with E-state index in [0.29, 0.717) is 6.04 Å². The van der Waals surface area contributed by atoms with Crippen LogP contribution < -0.4 is 5.32 Å². The van der Waals surface area contributed by atoms with E-state index in [-0.39, 0.29) is 5.60 Å². The predicted octanol–water partition coefficient (Wildman–Crippen LogP) is 3.90. The van der Waals surface area contributed by atoms with E-state index in [2.05, 4.69) is 46.4 Å². The summed E-state index contributed by atoms with van der Waals surface area (Å²) in [5.41, 5.74) is 2.51. The molecule has 0 amide bonds. The maximum Gasteiger partial charge on any atom is 0.0745 e. The van der Waals surface area contributed by atoms with Crippen molar-refractivity contribution < 1.29 is 9.47 Å². The van der Waals surface area contributed by atoms with Gasteiger partial charge in [0.15, 0.2) is 0 Å². The molecule has 0 aromatic heterocycles. The van der Waals surface area contributed by atoms with Crippen molar-refractivity contribution in [3.63, 3.8) is 0 Å². The van der Waals surface area contributed by atoms with Gasteiger partial charge in [0, 0.05) is 36.0 Å². The Morgan fingerprint density at radius 3 is 2.80 bits per heavy atom. The summed E-state index contributed by atoms with van der Waals surface area (Å²) in [5, 5.41) is 3.67. The molecule has 1 atom stereocenters. The van der Waals surface area contributed by atoms with Gasteiger partial charge in [-0.05, 0) is 50.3 Å². The number of anilines is 1. The van der Waals surface area contributed by atoms with Crippen LogP contribution in [0, 0.1) is 6.92 Å². The van der Waals surface area contributed by atoms with Gasteiger partial charge in [-0.1, -0.05) is 22.0 Å². The van der Waals surface area contributed by atoms with Crippen molar-refractivity contribution in [2.24, 2.45) is 0 Å². The predicted molar refractivity (Wildman–Crippen MR) is 84.3 cm³/mol. The zero-order valence-corrected chi connectivity index (χ0v) is 13.5. The van der Waals surface area contributed by atoms with E-state index in [1.165, 1.54) is 11.3 Å². The summed E-state index contributed by atoms with van der Waals surface area (Å²) in [6, 6.07) is 6.97. The van der Waals surface area contributed by atoms with Crippen molar-refractivity contribution in [1.29, 1.82) is 0 Å². The van der Waals surface area contributed by atoms with Crippen LogP contribution >= 0.6 is 15.9 Å². The molecule has 0 bridgehead atoms. The Hall–Kier alpha value is -0.580. The molecular formula is C16H22BrNO2. The van der Waals surface area contributed by atoms with Gasteiger partial charge in [0.25, 0.3) is 0 Å². The smallest absolute Gasteiger partial charge is 0.0745 e. The van der Waals surface area contributed by atoms with Crippen molar-refractivity contribution in [2.75, 3.05) is 25.1 Å². The monoisotopic (exact) mass is 339 g/mol. The van der Waals surface area contributed by atoms with Crippen molar-refractivity contribution in [2.45, 2.75) is 44.2 Å². The molecule has 1 spiro atoms. The van der Waals surface area contributed by atoms with Crippen LogP contribution in [-0.2, 0) is 9.47 Å². The zero-order chi connectivity index (χ0) is 14.0. The Morgan fingerprint density at radius 1 is 1.25 bits per heavy atom. The van der Waals surface area contributed by atoms with Gasteiger partial charge in [-0.3, -0.25) is 0 Å². The fourth-order valence-electron chi connectivity index (χ4n) is 3.16. The lowest BCUT2D eigenvalue weighted by atomic mass is 9.84. The summed E-state index contributed by atoms with van der Waals surface area (Å²) in [6.45, 7) is 4.63. The van der Waals surface area contributed by atoms with Gasteiger partial charge >= 0.3 is 0 Å². The van der Waals surface area contributed by atoms with E-state index in [1.807, 2.05) is 0 Å². The van der Waals surface area contributed by atoms with E-state index in [9.17, 15) is 0 Å². The molecule has 1 unspecified atom stereocenters. The molecule has 20 heavy (non-hydrogen) atoms. The summed E-state index contributed by atoms with van der Waals surface area (Å²) >= 11 is 3.60. The third-order valence-corrected chi connectivity index (χ3v) is 5.29. The molecule has 1 aromatic rings. The molecule has 3 rings (SSSR count). The van der Waals surface area contributed by atoms with E-state index in [4.69, 9.17) is 9.47 Å². The summed E-state index contributed by atoms with van der Waals surface area (Å²) < 4.78 is 12.7. The second kappa shape index (κ2) is 6.04. The van der Waals surface area contributed by atoms with Crippen molar-refractivity contribution in [3.05, 3.63) is 28.2 Å². The molecule has 0 radical (unpaired) electrons. The third-order valence-electron chi connectivity index (χ3n) is 4.44. The quantitative estimate of drug-likeness (QED) is 0.886. The number of nitrogens with one attached hydrogen (secondary N) is 1. The average Bonchev–Trinajstić information content (AvgIpc) is 2.44. The molecule has 0 saturated carbocycles. The Labute approximate surface area is 129 Å². The van der Waals surface area contributed by atoms with Gasteiger partial charge in [0.05, 0.1) is 5.60 Å². The van der Waals surface area contributed by atoms with Gasteiger partial charge < -0.3 is 14.8 Å². The van der Waals surface area contributed by atoms with Gasteiger partial charge in [-0.15, -0.1) is 0 Å². The molecule has 2 heterocycles. The molecule has 110 valence electrons. The van der Waals surface area contributed by atoms with Crippen LogP contribution in [0.4, 0.5) is 5.69 Å². The Morgan fingerprint density at radius 2 is 2.05 bits per heavy atom. The van der Waals surface area contributed by atoms with Gasteiger partial charge in [0.1, 0.15) is 0 Å². The lowest BCUT2D eigenvalue weighted by Gasteiger charge is -2.43.